The number of hydrogen-bond donors (Lipinski definition) is 1. The van der Waals surface area contributed by atoms with Crippen molar-refractivity contribution in [2.24, 2.45) is 0 Å². The van der Waals surface area contributed by atoms with E-state index in [9.17, 15) is 4.79 Å². The maximum absolute atomic E-state index is 12.4. The molecule has 0 fully saturated rings. The molecule has 0 saturated heterocycles. The fourth-order valence-corrected chi connectivity index (χ4v) is 2.48. The van der Waals surface area contributed by atoms with Crippen LogP contribution in [0.2, 0.25) is 0 Å². The molecule has 2 aromatic carbocycles. The van der Waals surface area contributed by atoms with E-state index in [1.54, 1.807) is 17.1 Å². The number of rotatable bonds is 5. The molecule has 0 unspecified atom stereocenters. The number of anilines is 1. The minimum atomic E-state index is -0.167. The molecule has 1 aromatic heterocycles. The highest BCUT2D eigenvalue weighted by Crippen LogP contribution is 2.14. The zero-order valence-electron chi connectivity index (χ0n) is 13.8. The highest BCUT2D eigenvalue weighted by Gasteiger charge is 2.10. The third-order valence-electron chi connectivity index (χ3n) is 3.55. The Balaban J connectivity index is 1.73. The van der Waals surface area contributed by atoms with Gasteiger partial charge in [-0.25, -0.2) is 4.68 Å². The lowest BCUT2D eigenvalue weighted by molar-refractivity contribution is 0.102. The smallest absolute Gasteiger partial charge is 0.258 e. The normalized spacial score (nSPS) is 10.8. The van der Waals surface area contributed by atoms with E-state index in [1.165, 1.54) is 0 Å². The Kier molecular flexibility index (Phi) is 4.72. The summed E-state index contributed by atoms with van der Waals surface area (Å²) in [6.07, 6.45) is 3.31. The Morgan fingerprint density at radius 1 is 1.12 bits per heavy atom. The van der Waals surface area contributed by atoms with E-state index in [-0.39, 0.29) is 5.91 Å². The summed E-state index contributed by atoms with van der Waals surface area (Å²) < 4.78 is 1.69. The number of aromatic nitrogens is 2. The predicted molar refractivity (Wildman–Crippen MR) is 95.4 cm³/mol. The van der Waals surface area contributed by atoms with Gasteiger partial charge in [-0.3, -0.25) is 4.79 Å². The Morgan fingerprint density at radius 3 is 2.67 bits per heavy atom. The second-order valence-corrected chi connectivity index (χ2v) is 5.90. The van der Waals surface area contributed by atoms with Gasteiger partial charge in [-0.1, -0.05) is 30.3 Å². The molecule has 0 atom stereocenters. The molecule has 5 nitrogen and oxygen atoms in total. The third kappa shape index (κ3) is 3.88. The van der Waals surface area contributed by atoms with Gasteiger partial charge in [-0.05, 0) is 43.9 Å². The van der Waals surface area contributed by atoms with E-state index >= 15 is 0 Å². The van der Waals surface area contributed by atoms with Crippen LogP contribution in [0, 0.1) is 0 Å². The number of carbonyl (C=O) groups is 1. The second-order valence-electron chi connectivity index (χ2n) is 5.90. The maximum Gasteiger partial charge on any atom is 0.258 e. The summed E-state index contributed by atoms with van der Waals surface area (Å²) in [6.45, 7) is 0.829. The number of benzene rings is 2. The fraction of sp³-hybridized carbons (Fsp3) is 0.158. The van der Waals surface area contributed by atoms with Crippen LogP contribution in [0.4, 0.5) is 5.69 Å². The molecule has 0 radical (unpaired) electrons. The molecule has 0 aliphatic carbocycles. The number of nitrogens with one attached hydrogen (secondary N) is 1. The molecule has 5 heteroatoms. The van der Waals surface area contributed by atoms with Crippen molar-refractivity contribution in [1.29, 1.82) is 0 Å². The predicted octanol–water partition coefficient (Wildman–Crippen LogP) is 3.19. The van der Waals surface area contributed by atoms with Gasteiger partial charge in [0, 0.05) is 18.4 Å². The zero-order chi connectivity index (χ0) is 16.9. The number of para-hydroxylation sites is 1. The lowest BCUT2D eigenvalue weighted by Crippen LogP contribution is -2.13. The highest BCUT2D eigenvalue weighted by atomic mass is 16.1. The topological polar surface area (TPSA) is 50.2 Å². The van der Waals surface area contributed by atoms with E-state index in [0.29, 0.717) is 5.56 Å². The van der Waals surface area contributed by atoms with Crippen molar-refractivity contribution < 1.29 is 4.79 Å². The Labute approximate surface area is 141 Å². The van der Waals surface area contributed by atoms with Crippen LogP contribution in [0.1, 0.15) is 15.9 Å². The largest absolute Gasteiger partial charge is 0.322 e. The van der Waals surface area contributed by atoms with Crippen molar-refractivity contribution in [3.05, 3.63) is 78.1 Å². The summed E-state index contributed by atoms with van der Waals surface area (Å²) in [7, 11) is 4.03. The Morgan fingerprint density at radius 2 is 1.92 bits per heavy atom. The first kappa shape index (κ1) is 16.0. The molecule has 0 aliphatic heterocycles. The van der Waals surface area contributed by atoms with E-state index in [1.807, 2.05) is 68.7 Å². The first-order valence-electron chi connectivity index (χ1n) is 7.77. The van der Waals surface area contributed by atoms with Crippen molar-refractivity contribution in [3.8, 4) is 5.69 Å². The first-order chi connectivity index (χ1) is 11.6. The van der Waals surface area contributed by atoms with Gasteiger partial charge in [0.05, 0.1) is 17.4 Å². The SMILES string of the molecule is CN(C)Cc1cccc(NC(=O)c2cnn(-c3ccccc3)c2)c1. The highest BCUT2D eigenvalue weighted by molar-refractivity contribution is 6.04. The maximum atomic E-state index is 12.4. The molecular formula is C19H20N4O. The van der Waals surface area contributed by atoms with Gasteiger partial charge in [0.15, 0.2) is 0 Å². The van der Waals surface area contributed by atoms with Crippen LogP contribution in [-0.4, -0.2) is 34.7 Å². The molecule has 24 heavy (non-hydrogen) atoms. The standard InChI is InChI=1S/C19H20N4O/c1-22(2)13-15-7-6-8-17(11-15)21-19(24)16-12-20-23(14-16)18-9-4-3-5-10-18/h3-12,14H,13H2,1-2H3,(H,21,24). The van der Waals surface area contributed by atoms with Gasteiger partial charge in [-0.2, -0.15) is 5.10 Å². The summed E-state index contributed by atoms with van der Waals surface area (Å²) in [4.78, 5) is 14.5. The van der Waals surface area contributed by atoms with Crippen LogP contribution >= 0.6 is 0 Å². The molecule has 0 bridgehead atoms. The average Bonchev–Trinajstić information content (AvgIpc) is 3.05. The molecule has 3 aromatic rings. The van der Waals surface area contributed by atoms with Crippen molar-refractivity contribution in [3.63, 3.8) is 0 Å². The number of nitrogens with zero attached hydrogens (tertiary/aromatic N) is 3. The molecule has 1 N–H and O–H groups in total. The zero-order valence-corrected chi connectivity index (χ0v) is 13.8. The summed E-state index contributed by atoms with van der Waals surface area (Å²) in [5.41, 5.74) is 3.38. The van der Waals surface area contributed by atoms with Gasteiger partial charge < -0.3 is 10.2 Å². The lowest BCUT2D eigenvalue weighted by Gasteiger charge is -2.11. The van der Waals surface area contributed by atoms with Gasteiger partial charge in [0.2, 0.25) is 0 Å². The lowest BCUT2D eigenvalue weighted by atomic mass is 10.2. The van der Waals surface area contributed by atoms with Crippen molar-refractivity contribution in [2.45, 2.75) is 6.54 Å². The van der Waals surface area contributed by atoms with Crippen molar-refractivity contribution in [2.75, 3.05) is 19.4 Å². The molecular weight excluding hydrogens is 300 g/mol. The Hall–Kier alpha value is -2.92. The van der Waals surface area contributed by atoms with Crippen LogP contribution in [-0.2, 0) is 6.54 Å². The van der Waals surface area contributed by atoms with Crippen LogP contribution in [0.25, 0.3) is 5.69 Å². The first-order valence-corrected chi connectivity index (χ1v) is 7.77. The molecule has 0 aliphatic rings. The van der Waals surface area contributed by atoms with Gasteiger partial charge >= 0.3 is 0 Å². The fourth-order valence-electron chi connectivity index (χ4n) is 2.48. The third-order valence-corrected chi connectivity index (χ3v) is 3.55. The number of carbonyl (C=O) groups excluding carboxylic acids is 1. The van der Waals surface area contributed by atoms with Gasteiger partial charge in [0.25, 0.3) is 5.91 Å². The van der Waals surface area contributed by atoms with E-state index < -0.39 is 0 Å². The van der Waals surface area contributed by atoms with Crippen LogP contribution in [0.15, 0.2) is 67.0 Å². The minimum Gasteiger partial charge on any atom is -0.322 e. The van der Waals surface area contributed by atoms with Crippen LogP contribution in [0.5, 0.6) is 0 Å². The van der Waals surface area contributed by atoms with Crippen molar-refractivity contribution >= 4 is 11.6 Å². The van der Waals surface area contributed by atoms with E-state index in [4.69, 9.17) is 0 Å². The molecule has 1 amide bonds. The average molecular weight is 320 g/mol. The van der Waals surface area contributed by atoms with Gasteiger partial charge in [-0.15, -0.1) is 0 Å². The number of hydrogen-bond acceptors (Lipinski definition) is 3. The molecule has 0 spiro atoms. The molecule has 3 rings (SSSR count). The monoisotopic (exact) mass is 320 g/mol. The summed E-state index contributed by atoms with van der Waals surface area (Å²) in [5.74, 6) is -0.167. The molecule has 1 heterocycles. The summed E-state index contributed by atoms with van der Waals surface area (Å²) >= 11 is 0. The van der Waals surface area contributed by atoms with E-state index in [2.05, 4.69) is 15.3 Å². The minimum absolute atomic E-state index is 0.167. The van der Waals surface area contributed by atoms with Crippen LogP contribution in [0.3, 0.4) is 0 Å². The Bertz CT molecular complexity index is 824. The molecule has 0 saturated carbocycles. The number of amides is 1. The summed E-state index contributed by atoms with van der Waals surface area (Å²) in [5, 5.41) is 7.18. The molecule has 122 valence electrons. The van der Waals surface area contributed by atoms with Crippen LogP contribution < -0.4 is 5.32 Å². The quantitative estimate of drug-likeness (QED) is 0.785. The summed E-state index contributed by atoms with van der Waals surface area (Å²) in [6, 6.07) is 17.6. The van der Waals surface area contributed by atoms with E-state index in [0.717, 1.165) is 23.5 Å². The second kappa shape index (κ2) is 7.10. The van der Waals surface area contributed by atoms with Crippen molar-refractivity contribution in [1.82, 2.24) is 14.7 Å². The van der Waals surface area contributed by atoms with Gasteiger partial charge in [0.1, 0.15) is 0 Å².